The molecule has 0 fully saturated rings. The highest BCUT2D eigenvalue weighted by Gasteiger charge is 2.21. The van der Waals surface area contributed by atoms with Gasteiger partial charge in [0.05, 0.1) is 26.4 Å². The van der Waals surface area contributed by atoms with Crippen molar-refractivity contribution in [3.63, 3.8) is 0 Å². The number of para-hydroxylation sites is 2. The zero-order chi connectivity index (χ0) is 19.3. The number of fused-ring (bicyclic) bond motifs is 2. The summed E-state index contributed by atoms with van der Waals surface area (Å²) >= 11 is 0. The van der Waals surface area contributed by atoms with Crippen molar-refractivity contribution in [1.29, 1.82) is 0 Å². The number of hydrogen-bond acceptors (Lipinski definition) is 4. The third-order valence-corrected chi connectivity index (χ3v) is 6.51. The van der Waals surface area contributed by atoms with Crippen molar-refractivity contribution in [1.82, 2.24) is 15.0 Å². The molecule has 6 nitrogen and oxygen atoms in total. The SMILES string of the molecule is O=S(=O)(c1ccccc1)c1ccc2[nH]c(O)c(-c3nc4ccccc4[nH]3)c2c1. The molecule has 2 aromatic heterocycles. The van der Waals surface area contributed by atoms with E-state index in [-0.39, 0.29) is 15.7 Å². The van der Waals surface area contributed by atoms with Gasteiger partial charge in [0.15, 0.2) is 0 Å². The molecule has 0 aliphatic heterocycles. The molecule has 0 amide bonds. The molecule has 5 rings (SSSR count). The van der Waals surface area contributed by atoms with Crippen molar-refractivity contribution in [2.24, 2.45) is 0 Å². The minimum absolute atomic E-state index is 0.0664. The van der Waals surface area contributed by atoms with E-state index in [0.29, 0.717) is 22.3 Å². The standard InChI is InChI=1S/C21H15N3O3S/c25-21-19(20-22-17-8-4-5-9-18(17)23-20)15-12-14(10-11-16(15)24-21)28(26,27)13-6-2-1-3-7-13/h1-12,24-25H,(H,22,23). The molecule has 0 saturated carbocycles. The highest BCUT2D eigenvalue weighted by atomic mass is 32.2. The Bertz CT molecular complexity index is 1400. The van der Waals surface area contributed by atoms with Gasteiger partial charge < -0.3 is 15.1 Å². The van der Waals surface area contributed by atoms with E-state index in [2.05, 4.69) is 15.0 Å². The van der Waals surface area contributed by atoms with Gasteiger partial charge in [-0.1, -0.05) is 30.3 Å². The predicted octanol–water partition coefficient (Wildman–Crippen LogP) is 4.25. The fraction of sp³-hybridized carbons (Fsp3) is 0. The first-order chi connectivity index (χ1) is 13.5. The van der Waals surface area contributed by atoms with Crippen molar-refractivity contribution in [2.75, 3.05) is 0 Å². The number of aromatic nitrogens is 3. The number of benzene rings is 3. The molecule has 28 heavy (non-hydrogen) atoms. The highest BCUT2D eigenvalue weighted by molar-refractivity contribution is 7.91. The third kappa shape index (κ3) is 2.48. The van der Waals surface area contributed by atoms with Crippen LogP contribution >= 0.6 is 0 Å². The number of nitrogens with zero attached hydrogens (tertiary/aromatic N) is 1. The Kier molecular flexibility index (Phi) is 3.53. The smallest absolute Gasteiger partial charge is 0.206 e. The summed E-state index contributed by atoms with van der Waals surface area (Å²) in [6.07, 6.45) is 0. The monoisotopic (exact) mass is 389 g/mol. The van der Waals surface area contributed by atoms with Crippen molar-refractivity contribution >= 4 is 31.8 Å². The Balaban J connectivity index is 1.73. The number of sulfone groups is 1. The fourth-order valence-electron chi connectivity index (χ4n) is 3.37. The van der Waals surface area contributed by atoms with Crippen LogP contribution in [0.3, 0.4) is 0 Å². The Morgan fingerprint density at radius 2 is 1.54 bits per heavy atom. The second kappa shape index (κ2) is 5.97. The Hall–Kier alpha value is -3.58. The van der Waals surface area contributed by atoms with Crippen LogP contribution in [0, 0.1) is 0 Å². The maximum Gasteiger partial charge on any atom is 0.206 e. The lowest BCUT2D eigenvalue weighted by atomic mass is 10.1. The maximum atomic E-state index is 13.0. The molecule has 3 N–H and O–H groups in total. The third-order valence-electron chi connectivity index (χ3n) is 4.74. The lowest BCUT2D eigenvalue weighted by Gasteiger charge is -2.05. The molecule has 2 heterocycles. The Morgan fingerprint density at radius 3 is 2.32 bits per heavy atom. The maximum absolute atomic E-state index is 13.0. The molecule has 0 aliphatic rings. The summed E-state index contributed by atoms with van der Waals surface area (Å²) in [6, 6.07) is 20.6. The number of aromatic amines is 2. The predicted molar refractivity (Wildman–Crippen MR) is 107 cm³/mol. The van der Waals surface area contributed by atoms with Crippen molar-refractivity contribution in [2.45, 2.75) is 9.79 Å². The molecular formula is C21H15N3O3S. The van der Waals surface area contributed by atoms with E-state index < -0.39 is 9.84 Å². The number of H-pyrrole nitrogens is 2. The zero-order valence-corrected chi connectivity index (χ0v) is 15.4. The minimum Gasteiger partial charge on any atom is -0.494 e. The lowest BCUT2D eigenvalue weighted by Crippen LogP contribution is -2.01. The summed E-state index contributed by atoms with van der Waals surface area (Å²) < 4.78 is 26.0. The van der Waals surface area contributed by atoms with Crippen molar-refractivity contribution < 1.29 is 13.5 Å². The van der Waals surface area contributed by atoms with Gasteiger partial charge in [0.1, 0.15) is 5.82 Å². The van der Waals surface area contributed by atoms with Crippen LogP contribution in [0.2, 0.25) is 0 Å². The average Bonchev–Trinajstić information content (AvgIpc) is 3.27. The fourth-order valence-corrected chi connectivity index (χ4v) is 4.68. The molecule has 7 heteroatoms. The summed E-state index contributed by atoms with van der Waals surface area (Å²) in [7, 11) is -3.67. The summed E-state index contributed by atoms with van der Waals surface area (Å²) in [4.78, 5) is 11.0. The lowest BCUT2D eigenvalue weighted by molar-refractivity contribution is 0.460. The van der Waals surface area contributed by atoms with Crippen LogP contribution in [-0.2, 0) is 9.84 Å². The van der Waals surface area contributed by atoms with Crippen LogP contribution in [0.15, 0.2) is 82.6 Å². The minimum atomic E-state index is -3.67. The number of imidazole rings is 1. The van der Waals surface area contributed by atoms with Gasteiger partial charge in [-0.2, -0.15) is 0 Å². The van der Waals surface area contributed by atoms with Gasteiger partial charge in [0.25, 0.3) is 0 Å². The number of hydrogen-bond donors (Lipinski definition) is 3. The van der Waals surface area contributed by atoms with Gasteiger partial charge in [-0.25, -0.2) is 13.4 Å². The second-order valence-corrected chi connectivity index (χ2v) is 8.42. The van der Waals surface area contributed by atoms with Crippen LogP contribution in [0.1, 0.15) is 0 Å². The molecule has 0 aliphatic carbocycles. The van der Waals surface area contributed by atoms with Crippen LogP contribution < -0.4 is 0 Å². The van der Waals surface area contributed by atoms with Crippen molar-refractivity contribution in [3.05, 3.63) is 72.8 Å². The molecular weight excluding hydrogens is 374 g/mol. The van der Waals surface area contributed by atoms with Crippen molar-refractivity contribution in [3.8, 4) is 17.3 Å². The van der Waals surface area contributed by atoms with Gasteiger partial charge in [0, 0.05) is 10.9 Å². The molecule has 0 saturated heterocycles. The molecule has 5 aromatic rings. The zero-order valence-electron chi connectivity index (χ0n) is 14.5. The van der Waals surface area contributed by atoms with Crippen LogP contribution in [-0.4, -0.2) is 28.5 Å². The molecule has 0 spiro atoms. The average molecular weight is 389 g/mol. The van der Waals surface area contributed by atoms with E-state index in [1.165, 1.54) is 6.07 Å². The van der Waals surface area contributed by atoms with Gasteiger partial charge in [-0.05, 0) is 42.5 Å². The first-order valence-electron chi connectivity index (χ1n) is 8.64. The molecule has 3 aromatic carbocycles. The molecule has 138 valence electrons. The summed E-state index contributed by atoms with van der Waals surface area (Å²) in [6.45, 7) is 0. The van der Waals surface area contributed by atoms with E-state index in [4.69, 9.17) is 0 Å². The van der Waals surface area contributed by atoms with E-state index >= 15 is 0 Å². The van der Waals surface area contributed by atoms with Crippen LogP contribution in [0.4, 0.5) is 0 Å². The summed E-state index contributed by atoms with van der Waals surface area (Å²) in [5.41, 5.74) is 2.66. The topological polar surface area (TPSA) is 98.8 Å². The second-order valence-electron chi connectivity index (χ2n) is 6.48. The van der Waals surface area contributed by atoms with Gasteiger partial charge in [-0.3, -0.25) is 0 Å². The van der Waals surface area contributed by atoms with Crippen LogP contribution in [0.25, 0.3) is 33.3 Å². The Labute approximate surface area is 160 Å². The highest BCUT2D eigenvalue weighted by Crippen LogP contribution is 2.37. The first kappa shape index (κ1) is 16.6. The normalized spacial score (nSPS) is 12.0. The summed E-state index contributed by atoms with van der Waals surface area (Å²) in [5.74, 6) is 0.405. The van der Waals surface area contributed by atoms with Gasteiger partial charge in [-0.15, -0.1) is 0 Å². The molecule has 0 bridgehead atoms. The number of rotatable bonds is 3. The van der Waals surface area contributed by atoms with Gasteiger partial charge in [0.2, 0.25) is 15.7 Å². The Morgan fingerprint density at radius 1 is 0.786 bits per heavy atom. The number of aromatic hydroxyl groups is 1. The molecule has 0 radical (unpaired) electrons. The van der Waals surface area contributed by atoms with E-state index in [0.717, 1.165) is 11.0 Å². The first-order valence-corrected chi connectivity index (χ1v) is 10.1. The van der Waals surface area contributed by atoms with E-state index in [1.807, 2.05) is 24.3 Å². The largest absolute Gasteiger partial charge is 0.494 e. The number of nitrogens with one attached hydrogen (secondary N) is 2. The summed E-state index contributed by atoms with van der Waals surface area (Å²) in [5, 5.41) is 11.0. The molecule has 0 unspecified atom stereocenters. The van der Waals surface area contributed by atoms with E-state index in [9.17, 15) is 13.5 Å². The quantitative estimate of drug-likeness (QED) is 0.429. The van der Waals surface area contributed by atoms with Gasteiger partial charge >= 0.3 is 0 Å². The van der Waals surface area contributed by atoms with E-state index in [1.54, 1.807) is 42.5 Å². The molecule has 0 atom stereocenters. The van der Waals surface area contributed by atoms with Crippen LogP contribution in [0.5, 0.6) is 5.88 Å².